The van der Waals surface area contributed by atoms with Crippen LogP contribution in [0.25, 0.3) is 0 Å². The molecule has 1 amide bonds. The van der Waals surface area contributed by atoms with Gasteiger partial charge in [-0.05, 0) is 43.5 Å². The van der Waals surface area contributed by atoms with Gasteiger partial charge < -0.3 is 21.0 Å². The number of rotatable bonds is 6. The van der Waals surface area contributed by atoms with E-state index in [0.717, 1.165) is 37.9 Å². The summed E-state index contributed by atoms with van der Waals surface area (Å²) in [5.41, 5.74) is 5.22. The number of hydrogen-bond donors (Lipinski definition) is 2. The van der Waals surface area contributed by atoms with Gasteiger partial charge in [-0.3, -0.25) is 4.79 Å². The van der Waals surface area contributed by atoms with Crippen molar-refractivity contribution in [2.45, 2.75) is 25.4 Å². The maximum atomic E-state index is 11.7. The van der Waals surface area contributed by atoms with Gasteiger partial charge in [0.15, 0.2) is 0 Å². The number of carboxylic acid groups (broad SMARTS) is 1. The number of halogens is 3. The third-order valence-electron chi connectivity index (χ3n) is 2.76. The smallest absolute Gasteiger partial charge is 0.430 e. The highest BCUT2D eigenvalue weighted by Gasteiger charge is 2.28. The molecular formula is C16H19F3N2O3. The molecule has 8 heteroatoms. The molecule has 0 aliphatic carbocycles. The molecule has 0 unspecified atom stereocenters. The molecule has 0 aliphatic rings. The maximum Gasteiger partial charge on any atom is 0.430 e. The Morgan fingerprint density at radius 3 is 2.12 bits per heavy atom. The molecule has 0 spiro atoms. The first-order chi connectivity index (χ1) is 11.2. The predicted octanol–water partition coefficient (Wildman–Crippen LogP) is 0.109. The van der Waals surface area contributed by atoms with Crippen molar-refractivity contribution in [3.05, 3.63) is 35.4 Å². The summed E-state index contributed by atoms with van der Waals surface area (Å²) in [5.74, 6) is -0.524. The molecule has 0 bridgehead atoms. The Bertz CT molecular complexity index is 563. The lowest BCUT2D eigenvalue weighted by molar-refractivity contribution is -0.368. The van der Waals surface area contributed by atoms with E-state index >= 15 is 0 Å². The minimum absolute atomic E-state index is 0.0387. The lowest BCUT2D eigenvalue weighted by Gasteiger charge is -2.04. The van der Waals surface area contributed by atoms with Crippen LogP contribution in [0.2, 0.25) is 0 Å². The summed E-state index contributed by atoms with van der Waals surface area (Å²) in [5, 5.41) is 11.7. The molecule has 24 heavy (non-hydrogen) atoms. The number of carbonyl (C=O) groups is 2. The van der Waals surface area contributed by atoms with Gasteiger partial charge in [-0.2, -0.15) is 13.2 Å². The number of carboxylic acids is 1. The molecule has 0 fully saturated rings. The number of aliphatic carboxylic acids is 1. The van der Waals surface area contributed by atoms with E-state index < -0.39 is 12.1 Å². The molecule has 0 atom stereocenters. The molecule has 0 saturated heterocycles. The van der Waals surface area contributed by atoms with Crippen LogP contribution in [0.3, 0.4) is 0 Å². The van der Waals surface area contributed by atoms with Gasteiger partial charge >= 0.3 is 6.18 Å². The summed E-state index contributed by atoms with van der Waals surface area (Å²) < 4.78 is 31.5. The molecule has 1 aromatic carbocycles. The van der Waals surface area contributed by atoms with Crippen molar-refractivity contribution in [1.29, 1.82) is 0 Å². The summed E-state index contributed by atoms with van der Waals surface area (Å²) in [6, 6.07) is 7.05. The fraction of sp³-hybridized carbons (Fsp3) is 0.375. The van der Waals surface area contributed by atoms with Gasteiger partial charge in [-0.1, -0.05) is 5.92 Å². The van der Waals surface area contributed by atoms with E-state index in [1.54, 1.807) is 24.3 Å². The standard InChI is InChI=1S/C14H18N2O.C2HF3O2/c1-2-12-6-8-13(9-7-12)14(17)16-11-5-3-4-10-15;3-2(4,5)1(6)7/h1,6-9H,3-5,10-11,15H2,(H,16,17);(H,6,7). The lowest BCUT2D eigenvalue weighted by Crippen LogP contribution is -2.50. The van der Waals surface area contributed by atoms with E-state index in [4.69, 9.17) is 16.3 Å². The highest BCUT2D eigenvalue weighted by atomic mass is 19.4. The van der Waals surface area contributed by atoms with Crippen molar-refractivity contribution in [3.63, 3.8) is 0 Å². The first-order valence-electron chi connectivity index (χ1n) is 7.14. The highest BCUT2D eigenvalue weighted by Crippen LogP contribution is 2.11. The second-order valence-corrected chi connectivity index (χ2v) is 4.68. The Morgan fingerprint density at radius 2 is 1.71 bits per heavy atom. The van der Waals surface area contributed by atoms with E-state index in [1.165, 1.54) is 0 Å². The van der Waals surface area contributed by atoms with Crippen LogP contribution in [0.15, 0.2) is 24.3 Å². The van der Waals surface area contributed by atoms with Crippen LogP contribution in [0.4, 0.5) is 13.2 Å². The minimum atomic E-state index is -5.19. The summed E-state index contributed by atoms with van der Waals surface area (Å²) in [7, 11) is 0. The van der Waals surface area contributed by atoms with E-state index in [-0.39, 0.29) is 5.91 Å². The van der Waals surface area contributed by atoms with Gasteiger partial charge in [0.1, 0.15) is 5.97 Å². The Hall–Kier alpha value is -2.53. The third kappa shape index (κ3) is 9.48. The summed E-state index contributed by atoms with van der Waals surface area (Å²) in [6.45, 7) is 1.68. The zero-order valence-corrected chi connectivity index (χ0v) is 13.0. The Labute approximate surface area is 138 Å². The van der Waals surface area contributed by atoms with Crippen LogP contribution in [-0.4, -0.2) is 31.1 Å². The van der Waals surface area contributed by atoms with Gasteiger partial charge in [0.2, 0.25) is 0 Å². The molecule has 0 heterocycles. The molecule has 5 nitrogen and oxygen atoms in total. The van der Waals surface area contributed by atoms with Crippen LogP contribution >= 0.6 is 0 Å². The number of unbranched alkanes of at least 4 members (excludes halogenated alkanes) is 2. The normalized spacial score (nSPS) is 10.1. The van der Waals surface area contributed by atoms with Crippen molar-refractivity contribution >= 4 is 11.9 Å². The van der Waals surface area contributed by atoms with Crippen molar-refractivity contribution in [3.8, 4) is 12.3 Å². The summed E-state index contributed by atoms with van der Waals surface area (Å²) in [4.78, 5) is 20.5. The van der Waals surface area contributed by atoms with Crippen LogP contribution in [0.1, 0.15) is 35.2 Å². The molecule has 4 N–H and O–H groups in total. The fourth-order valence-electron chi connectivity index (χ4n) is 1.50. The Morgan fingerprint density at radius 1 is 1.17 bits per heavy atom. The molecule has 0 saturated carbocycles. The van der Waals surface area contributed by atoms with Crippen molar-refractivity contribution in [2.24, 2.45) is 0 Å². The van der Waals surface area contributed by atoms with Crippen LogP contribution in [-0.2, 0) is 4.79 Å². The van der Waals surface area contributed by atoms with Crippen molar-refractivity contribution in [1.82, 2.24) is 5.32 Å². The first kappa shape index (κ1) is 21.5. The van der Waals surface area contributed by atoms with Crippen molar-refractivity contribution < 1.29 is 33.6 Å². The van der Waals surface area contributed by atoms with Gasteiger partial charge in [-0.15, -0.1) is 6.42 Å². The van der Waals surface area contributed by atoms with Gasteiger partial charge in [-0.25, -0.2) is 0 Å². The monoisotopic (exact) mass is 344 g/mol. The van der Waals surface area contributed by atoms with E-state index in [1.807, 2.05) is 0 Å². The Kier molecular flexibility index (Phi) is 9.91. The van der Waals surface area contributed by atoms with E-state index in [2.05, 4.69) is 17.0 Å². The number of quaternary nitrogens is 1. The number of hydrogen-bond acceptors (Lipinski definition) is 3. The fourth-order valence-corrected chi connectivity index (χ4v) is 1.50. The number of amides is 1. The molecule has 1 aromatic rings. The minimum Gasteiger partial charge on any atom is -0.542 e. The largest absolute Gasteiger partial charge is 0.542 e. The second-order valence-electron chi connectivity index (χ2n) is 4.68. The van der Waals surface area contributed by atoms with Crippen LogP contribution < -0.4 is 16.2 Å². The number of benzene rings is 1. The van der Waals surface area contributed by atoms with E-state index in [0.29, 0.717) is 5.56 Å². The number of nitrogens with one attached hydrogen (secondary N) is 1. The average molecular weight is 344 g/mol. The average Bonchev–Trinajstić information content (AvgIpc) is 2.54. The topological polar surface area (TPSA) is 96.9 Å². The quantitative estimate of drug-likeness (QED) is 0.566. The van der Waals surface area contributed by atoms with Gasteiger partial charge in [0.25, 0.3) is 5.91 Å². The highest BCUT2D eigenvalue weighted by molar-refractivity contribution is 5.94. The van der Waals surface area contributed by atoms with Crippen molar-refractivity contribution in [2.75, 3.05) is 13.1 Å². The zero-order valence-electron chi connectivity index (χ0n) is 13.0. The molecule has 0 aliphatic heterocycles. The molecule has 0 radical (unpaired) electrons. The lowest BCUT2D eigenvalue weighted by atomic mass is 10.1. The Balaban J connectivity index is 0.000000640. The second kappa shape index (κ2) is 11.1. The predicted molar refractivity (Wildman–Crippen MR) is 79.4 cm³/mol. The third-order valence-corrected chi connectivity index (χ3v) is 2.76. The first-order valence-corrected chi connectivity index (χ1v) is 7.14. The number of carbonyl (C=O) groups excluding carboxylic acids is 2. The van der Waals surface area contributed by atoms with Gasteiger partial charge in [0, 0.05) is 17.7 Å². The molecule has 132 valence electrons. The molecule has 1 rings (SSSR count). The van der Waals surface area contributed by atoms with Gasteiger partial charge in [0.05, 0.1) is 6.54 Å². The summed E-state index contributed by atoms with van der Waals surface area (Å²) in [6.07, 6.45) is 3.28. The summed E-state index contributed by atoms with van der Waals surface area (Å²) >= 11 is 0. The van der Waals surface area contributed by atoms with E-state index in [9.17, 15) is 18.0 Å². The molecular weight excluding hydrogens is 325 g/mol. The maximum absolute atomic E-state index is 11.7. The number of terminal acetylenes is 1. The molecule has 0 aromatic heterocycles. The SMILES string of the molecule is C#Cc1ccc(C(=O)NCCCCC[NH3+])cc1.O=C([O-])C(F)(F)F. The number of alkyl halides is 3. The zero-order chi connectivity index (χ0) is 18.6. The van der Waals surface area contributed by atoms with Crippen LogP contribution in [0.5, 0.6) is 0 Å². The van der Waals surface area contributed by atoms with Crippen LogP contribution in [0, 0.1) is 12.3 Å².